The topological polar surface area (TPSA) is 37.4 Å². The van der Waals surface area contributed by atoms with E-state index < -0.39 is 0 Å². The number of nitrogens with one attached hydrogen (secondary N) is 1. The van der Waals surface area contributed by atoms with E-state index >= 15 is 0 Å². The second-order valence-corrected chi connectivity index (χ2v) is 5.34. The molecule has 2 unspecified atom stereocenters. The zero-order valence-electron chi connectivity index (χ0n) is 12.0. The molecule has 0 spiro atoms. The lowest BCUT2D eigenvalue weighted by Crippen LogP contribution is -2.47. The van der Waals surface area contributed by atoms with Crippen LogP contribution in [-0.2, 0) is 4.74 Å². The Morgan fingerprint density at radius 3 is 3.05 bits per heavy atom. The summed E-state index contributed by atoms with van der Waals surface area (Å²) in [6, 6.07) is 8.67. The molecule has 4 nitrogen and oxygen atoms in total. The molecule has 1 aromatic carbocycles. The van der Waals surface area contributed by atoms with Crippen molar-refractivity contribution in [1.82, 2.24) is 15.2 Å². The number of ether oxygens (including phenoxy) is 1. The lowest BCUT2D eigenvalue weighted by molar-refractivity contribution is -0.0602. The second kappa shape index (κ2) is 5.87. The number of fused-ring (bicyclic) bond motifs is 1. The van der Waals surface area contributed by atoms with Gasteiger partial charge in [-0.2, -0.15) is 0 Å². The SMILES string of the molecule is CNCC1OCCN(C)C1c1cncc2ccccc12. The van der Waals surface area contributed by atoms with Crippen LogP contribution >= 0.6 is 0 Å². The number of hydrogen-bond acceptors (Lipinski definition) is 4. The molecule has 20 heavy (non-hydrogen) atoms. The molecular weight excluding hydrogens is 250 g/mol. The summed E-state index contributed by atoms with van der Waals surface area (Å²) in [4.78, 5) is 6.78. The lowest BCUT2D eigenvalue weighted by Gasteiger charge is -2.39. The van der Waals surface area contributed by atoms with Gasteiger partial charge in [-0.1, -0.05) is 24.3 Å². The van der Waals surface area contributed by atoms with E-state index in [2.05, 4.69) is 46.5 Å². The predicted molar refractivity (Wildman–Crippen MR) is 80.8 cm³/mol. The minimum atomic E-state index is 0.159. The van der Waals surface area contributed by atoms with Crippen LogP contribution in [0.3, 0.4) is 0 Å². The molecule has 3 rings (SSSR count). The Kier molecular flexibility index (Phi) is 3.96. The van der Waals surface area contributed by atoms with E-state index in [0.29, 0.717) is 0 Å². The van der Waals surface area contributed by atoms with Crippen LogP contribution in [0.5, 0.6) is 0 Å². The number of morpholine rings is 1. The Balaban J connectivity index is 2.06. The van der Waals surface area contributed by atoms with Gasteiger partial charge in [0, 0.05) is 30.9 Å². The predicted octanol–water partition coefficient (Wildman–Crippen LogP) is 1.83. The van der Waals surface area contributed by atoms with E-state index in [0.717, 1.165) is 19.7 Å². The third-order valence-corrected chi connectivity index (χ3v) is 4.03. The molecular formula is C16H21N3O. The van der Waals surface area contributed by atoms with E-state index in [1.54, 1.807) is 0 Å². The van der Waals surface area contributed by atoms with Gasteiger partial charge in [0.1, 0.15) is 0 Å². The van der Waals surface area contributed by atoms with E-state index in [1.165, 1.54) is 16.3 Å². The van der Waals surface area contributed by atoms with Crippen molar-refractivity contribution in [3.8, 4) is 0 Å². The fourth-order valence-corrected chi connectivity index (χ4v) is 3.05. The highest BCUT2D eigenvalue weighted by Gasteiger charge is 2.32. The van der Waals surface area contributed by atoms with Crippen molar-refractivity contribution in [2.24, 2.45) is 0 Å². The van der Waals surface area contributed by atoms with Gasteiger partial charge in [-0.15, -0.1) is 0 Å². The molecule has 2 aromatic rings. The minimum absolute atomic E-state index is 0.159. The van der Waals surface area contributed by atoms with Crippen LogP contribution in [-0.4, -0.2) is 49.8 Å². The van der Waals surface area contributed by atoms with E-state index in [4.69, 9.17) is 4.74 Å². The first-order valence-electron chi connectivity index (χ1n) is 7.10. The quantitative estimate of drug-likeness (QED) is 0.924. The molecule has 106 valence electrons. The Hall–Kier alpha value is -1.49. The molecule has 0 amide bonds. The summed E-state index contributed by atoms with van der Waals surface area (Å²) in [6.07, 6.45) is 4.07. The van der Waals surface area contributed by atoms with Crippen molar-refractivity contribution >= 4 is 10.8 Å². The smallest absolute Gasteiger partial charge is 0.0897 e. The monoisotopic (exact) mass is 271 g/mol. The number of aromatic nitrogens is 1. The molecule has 1 fully saturated rings. The molecule has 1 aliphatic rings. The molecule has 1 aliphatic heterocycles. The highest BCUT2D eigenvalue weighted by Crippen LogP contribution is 2.32. The van der Waals surface area contributed by atoms with Gasteiger partial charge >= 0.3 is 0 Å². The molecule has 0 saturated carbocycles. The van der Waals surface area contributed by atoms with Gasteiger partial charge in [-0.3, -0.25) is 9.88 Å². The number of benzene rings is 1. The number of pyridine rings is 1. The Bertz CT molecular complexity index is 579. The van der Waals surface area contributed by atoms with Gasteiger partial charge in [-0.05, 0) is 25.0 Å². The summed E-state index contributed by atoms with van der Waals surface area (Å²) in [7, 11) is 4.13. The lowest BCUT2D eigenvalue weighted by atomic mass is 9.95. The third-order valence-electron chi connectivity index (χ3n) is 4.03. The van der Waals surface area contributed by atoms with E-state index in [-0.39, 0.29) is 12.1 Å². The van der Waals surface area contributed by atoms with Gasteiger partial charge in [0.2, 0.25) is 0 Å². The third kappa shape index (κ3) is 2.42. The van der Waals surface area contributed by atoms with Crippen LogP contribution in [0.1, 0.15) is 11.6 Å². The van der Waals surface area contributed by atoms with Crippen LogP contribution in [0.15, 0.2) is 36.7 Å². The first kappa shape index (κ1) is 13.5. The fourth-order valence-electron chi connectivity index (χ4n) is 3.05. The zero-order chi connectivity index (χ0) is 13.9. The Labute approximate surface area is 119 Å². The number of hydrogen-bond donors (Lipinski definition) is 1. The van der Waals surface area contributed by atoms with Crippen LogP contribution in [0.2, 0.25) is 0 Å². The molecule has 1 saturated heterocycles. The summed E-state index contributed by atoms with van der Waals surface area (Å²) in [6.45, 7) is 2.59. The van der Waals surface area contributed by atoms with Crippen molar-refractivity contribution in [3.05, 3.63) is 42.2 Å². The fraction of sp³-hybridized carbons (Fsp3) is 0.438. The Morgan fingerprint density at radius 2 is 2.20 bits per heavy atom. The molecule has 1 N–H and O–H groups in total. The van der Waals surface area contributed by atoms with Crippen LogP contribution in [0, 0.1) is 0 Å². The maximum atomic E-state index is 5.97. The average molecular weight is 271 g/mol. The van der Waals surface area contributed by atoms with Crippen LogP contribution < -0.4 is 5.32 Å². The van der Waals surface area contributed by atoms with Gasteiger partial charge in [0.05, 0.1) is 18.8 Å². The van der Waals surface area contributed by atoms with Crippen molar-refractivity contribution in [2.45, 2.75) is 12.1 Å². The Morgan fingerprint density at radius 1 is 1.35 bits per heavy atom. The first-order valence-corrected chi connectivity index (χ1v) is 7.10. The summed E-state index contributed by atoms with van der Waals surface area (Å²) >= 11 is 0. The van der Waals surface area contributed by atoms with Crippen molar-refractivity contribution in [3.63, 3.8) is 0 Å². The first-order chi connectivity index (χ1) is 9.81. The van der Waals surface area contributed by atoms with Crippen molar-refractivity contribution in [1.29, 1.82) is 0 Å². The molecule has 0 bridgehead atoms. The van der Waals surface area contributed by atoms with Gasteiger partial charge < -0.3 is 10.1 Å². The molecule has 2 heterocycles. The zero-order valence-corrected chi connectivity index (χ0v) is 12.0. The molecule has 0 radical (unpaired) electrons. The van der Waals surface area contributed by atoms with Crippen LogP contribution in [0.25, 0.3) is 10.8 Å². The summed E-state index contributed by atoms with van der Waals surface area (Å²) in [5.41, 5.74) is 1.26. The minimum Gasteiger partial charge on any atom is -0.374 e. The highest BCUT2D eigenvalue weighted by atomic mass is 16.5. The van der Waals surface area contributed by atoms with E-state index in [1.807, 2.05) is 19.4 Å². The maximum absolute atomic E-state index is 5.97. The van der Waals surface area contributed by atoms with Gasteiger partial charge in [-0.25, -0.2) is 0 Å². The number of nitrogens with zero attached hydrogens (tertiary/aromatic N) is 2. The van der Waals surface area contributed by atoms with Crippen molar-refractivity contribution in [2.75, 3.05) is 33.8 Å². The average Bonchev–Trinajstić information content (AvgIpc) is 2.48. The standard InChI is InChI=1S/C16H21N3O/c1-17-11-15-16(19(2)7-8-20-15)14-10-18-9-12-5-3-4-6-13(12)14/h3-6,9-10,15-17H,7-8,11H2,1-2H3. The van der Waals surface area contributed by atoms with Crippen LogP contribution in [0.4, 0.5) is 0 Å². The van der Waals surface area contributed by atoms with Gasteiger partial charge in [0.15, 0.2) is 0 Å². The normalized spacial score (nSPS) is 24.1. The summed E-state index contributed by atoms with van der Waals surface area (Å²) in [5.74, 6) is 0. The number of likely N-dealkylation sites (N-methyl/N-ethyl adjacent to an activating group) is 2. The summed E-state index contributed by atoms with van der Waals surface area (Å²) in [5, 5.41) is 5.69. The van der Waals surface area contributed by atoms with Crippen molar-refractivity contribution < 1.29 is 4.74 Å². The highest BCUT2D eigenvalue weighted by molar-refractivity contribution is 5.85. The number of rotatable bonds is 3. The summed E-state index contributed by atoms with van der Waals surface area (Å²) < 4.78 is 5.97. The molecule has 4 heteroatoms. The second-order valence-electron chi connectivity index (χ2n) is 5.34. The maximum Gasteiger partial charge on any atom is 0.0897 e. The van der Waals surface area contributed by atoms with Gasteiger partial charge in [0.25, 0.3) is 0 Å². The van der Waals surface area contributed by atoms with E-state index in [9.17, 15) is 0 Å². The molecule has 0 aliphatic carbocycles. The molecule has 2 atom stereocenters. The largest absolute Gasteiger partial charge is 0.374 e. The molecule has 1 aromatic heterocycles.